The summed E-state index contributed by atoms with van der Waals surface area (Å²) >= 11 is 6.14. The van der Waals surface area contributed by atoms with Gasteiger partial charge >= 0.3 is 0 Å². The molecule has 0 bridgehead atoms. The fourth-order valence-corrected chi connectivity index (χ4v) is 3.84. The second kappa shape index (κ2) is 11.6. The molecule has 0 radical (unpaired) electrons. The zero-order chi connectivity index (χ0) is 23.8. The quantitative estimate of drug-likeness (QED) is 0.481. The lowest BCUT2D eigenvalue weighted by Crippen LogP contribution is -2.51. The molecule has 0 unspecified atom stereocenters. The molecule has 172 valence electrons. The predicted molar refractivity (Wildman–Crippen MR) is 125 cm³/mol. The molecule has 0 aliphatic carbocycles. The second-order valence-corrected chi connectivity index (χ2v) is 8.00. The van der Waals surface area contributed by atoms with E-state index < -0.39 is 23.6 Å². The molecule has 1 atom stereocenters. The van der Waals surface area contributed by atoms with Gasteiger partial charge in [-0.25, -0.2) is 8.78 Å². The summed E-state index contributed by atoms with van der Waals surface area (Å²) in [5.74, 6) is -2.00. The maximum absolute atomic E-state index is 14.5. The van der Waals surface area contributed by atoms with Crippen molar-refractivity contribution < 1.29 is 18.4 Å². The van der Waals surface area contributed by atoms with Gasteiger partial charge in [0.1, 0.15) is 17.7 Å². The minimum absolute atomic E-state index is 0.0389. The third-order valence-corrected chi connectivity index (χ3v) is 5.66. The van der Waals surface area contributed by atoms with Crippen LogP contribution in [-0.2, 0) is 29.0 Å². The van der Waals surface area contributed by atoms with Gasteiger partial charge in [-0.2, -0.15) is 0 Å². The van der Waals surface area contributed by atoms with Crippen LogP contribution in [0.4, 0.5) is 8.78 Å². The smallest absolute Gasteiger partial charge is 0.243 e. The summed E-state index contributed by atoms with van der Waals surface area (Å²) in [6.45, 7) is 2.00. The SMILES string of the molecule is CCNC(=O)[C@@H](Cc1ccccc1)N(Cc1ccccc1F)C(=O)Cc1c(F)cccc1Cl. The van der Waals surface area contributed by atoms with E-state index in [0.717, 1.165) is 5.56 Å². The molecule has 7 heteroatoms. The van der Waals surface area contributed by atoms with E-state index in [1.807, 2.05) is 30.3 Å². The standard InChI is InChI=1S/C26H25ClF2N2O2/c1-2-30-26(33)24(15-18-9-4-3-5-10-18)31(17-19-11-6-7-13-22(19)28)25(32)16-20-21(27)12-8-14-23(20)29/h3-14,24H,2,15-17H2,1H3,(H,30,33)/t24-/m1/s1. The first-order valence-electron chi connectivity index (χ1n) is 10.7. The Balaban J connectivity index is 2.01. The summed E-state index contributed by atoms with van der Waals surface area (Å²) in [4.78, 5) is 27.8. The highest BCUT2D eigenvalue weighted by atomic mass is 35.5. The summed E-state index contributed by atoms with van der Waals surface area (Å²) < 4.78 is 28.9. The van der Waals surface area contributed by atoms with E-state index in [2.05, 4.69) is 5.32 Å². The Kier molecular flexibility index (Phi) is 8.55. The Hall–Kier alpha value is -3.25. The van der Waals surface area contributed by atoms with E-state index in [9.17, 15) is 18.4 Å². The number of rotatable bonds is 9. The normalized spacial score (nSPS) is 11.6. The van der Waals surface area contributed by atoms with E-state index in [0.29, 0.717) is 6.54 Å². The Labute approximate surface area is 197 Å². The van der Waals surface area contributed by atoms with Crippen molar-refractivity contribution in [1.82, 2.24) is 10.2 Å². The number of hydrogen-bond donors (Lipinski definition) is 1. The number of halogens is 3. The molecular weight excluding hydrogens is 446 g/mol. The van der Waals surface area contributed by atoms with Gasteiger partial charge in [0.25, 0.3) is 0 Å². The van der Waals surface area contributed by atoms with Crippen LogP contribution >= 0.6 is 11.6 Å². The largest absolute Gasteiger partial charge is 0.355 e. The van der Waals surface area contributed by atoms with Crippen molar-refractivity contribution in [2.45, 2.75) is 32.4 Å². The molecule has 0 spiro atoms. The van der Waals surface area contributed by atoms with Crippen LogP contribution in [0.25, 0.3) is 0 Å². The van der Waals surface area contributed by atoms with Crippen LogP contribution in [0.15, 0.2) is 72.8 Å². The van der Waals surface area contributed by atoms with Crippen LogP contribution in [0.5, 0.6) is 0 Å². The van der Waals surface area contributed by atoms with E-state index in [1.165, 1.54) is 29.2 Å². The summed E-state index contributed by atoms with van der Waals surface area (Å²) in [7, 11) is 0. The first kappa shape index (κ1) is 24.4. The molecule has 0 aromatic heterocycles. The van der Waals surface area contributed by atoms with Gasteiger partial charge in [-0.1, -0.05) is 66.2 Å². The minimum Gasteiger partial charge on any atom is -0.355 e. The van der Waals surface area contributed by atoms with Crippen LogP contribution in [-0.4, -0.2) is 29.3 Å². The fraction of sp³-hybridized carbons (Fsp3) is 0.231. The molecule has 1 N–H and O–H groups in total. The van der Waals surface area contributed by atoms with Gasteiger partial charge < -0.3 is 10.2 Å². The van der Waals surface area contributed by atoms with Crippen LogP contribution in [0.2, 0.25) is 5.02 Å². The number of nitrogens with zero attached hydrogens (tertiary/aromatic N) is 1. The molecule has 3 aromatic carbocycles. The van der Waals surface area contributed by atoms with E-state index in [1.54, 1.807) is 25.1 Å². The van der Waals surface area contributed by atoms with Gasteiger partial charge in [0.05, 0.1) is 6.42 Å². The lowest BCUT2D eigenvalue weighted by atomic mass is 10.0. The molecule has 3 aromatic rings. The summed E-state index contributed by atoms with van der Waals surface area (Å²) in [6, 6.07) is 18.6. The first-order valence-corrected chi connectivity index (χ1v) is 11.1. The van der Waals surface area contributed by atoms with E-state index >= 15 is 0 Å². The topological polar surface area (TPSA) is 49.4 Å². The average Bonchev–Trinajstić information content (AvgIpc) is 2.80. The molecule has 0 saturated heterocycles. The van der Waals surface area contributed by atoms with Crippen molar-refractivity contribution in [2.75, 3.05) is 6.54 Å². The van der Waals surface area contributed by atoms with Crippen molar-refractivity contribution in [3.05, 3.63) is 106 Å². The second-order valence-electron chi connectivity index (χ2n) is 7.59. The van der Waals surface area contributed by atoms with Gasteiger partial charge in [0, 0.05) is 35.7 Å². The summed E-state index contributed by atoms with van der Waals surface area (Å²) in [6.07, 6.45) is -0.136. The molecule has 0 fully saturated rings. The number of hydrogen-bond acceptors (Lipinski definition) is 2. The van der Waals surface area contributed by atoms with Gasteiger partial charge in [-0.05, 0) is 30.7 Å². The van der Waals surface area contributed by atoms with Gasteiger partial charge in [0.15, 0.2) is 0 Å². The number of carbonyl (C=O) groups excluding carboxylic acids is 2. The Morgan fingerprint density at radius 3 is 2.27 bits per heavy atom. The predicted octanol–water partition coefficient (Wildman–Crippen LogP) is 4.94. The van der Waals surface area contributed by atoms with Crippen molar-refractivity contribution in [1.29, 1.82) is 0 Å². The monoisotopic (exact) mass is 470 g/mol. The number of nitrogens with one attached hydrogen (secondary N) is 1. The van der Waals surface area contributed by atoms with Crippen molar-refractivity contribution in [3.8, 4) is 0 Å². The Morgan fingerprint density at radius 1 is 0.939 bits per heavy atom. The molecule has 0 heterocycles. The molecule has 0 saturated carbocycles. The lowest BCUT2D eigenvalue weighted by Gasteiger charge is -2.31. The number of carbonyl (C=O) groups is 2. The number of likely N-dealkylation sites (N-methyl/N-ethyl adjacent to an activating group) is 1. The van der Waals surface area contributed by atoms with E-state index in [-0.39, 0.29) is 41.4 Å². The zero-order valence-electron chi connectivity index (χ0n) is 18.2. The molecule has 0 aliphatic heterocycles. The van der Waals surface area contributed by atoms with Crippen molar-refractivity contribution in [2.24, 2.45) is 0 Å². The van der Waals surface area contributed by atoms with Crippen LogP contribution in [0, 0.1) is 11.6 Å². The Bertz CT molecular complexity index is 1090. The molecule has 0 aliphatic rings. The molecule has 33 heavy (non-hydrogen) atoms. The number of amides is 2. The van der Waals surface area contributed by atoms with Gasteiger partial charge in [0.2, 0.25) is 11.8 Å². The van der Waals surface area contributed by atoms with Gasteiger partial charge in [-0.3, -0.25) is 9.59 Å². The minimum atomic E-state index is -0.926. The zero-order valence-corrected chi connectivity index (χ0v) is 19.0. The van der Waals surface area contributed by atoms with Crippen molar-refractivity contribution >= 4 is 23.4 Å². The maximum atomic E-state index is 14.5. The highest BCUT2D eigenvalue weighted by Gasteiger charge is 2.31. The molecule has 3 rings (SSSR count). The van der Waals surface area contributed by atoms with Crippen molar-refractivity contribution in [3.63, 3.8) is 0 Å². The summed E-state index contributed by atoms with van der Waals surface area (Å²) in [5.41, 5.74) is 1.13. The average molecular weight is 471 g/mol. The highest BCUT2D eigenvalue weighted by Crippen LogP contribution is 2.23. The van der Waals surface area contributed by atoms with Crippen LogP contribution < -0.4 is 5.32 Å². The van der Waals surface area contributed by atoms with Crippen LogP contribution in [0.3, 0.4) is 0 Å². The number of benzene rings is 3. The molecular formula is C26H25ClF2N2O2. The fourth-order valence-electron chi connectivity index (χ4n) is 3.61. The van der Waals surface area contributed by atoms with E-state index in [4.69, 9.17) is 11.6 Å². The Morgan fingerprint density at radius 2 is 1.61 bits per heavy atom. The molecule has 2 amide bonds. The maximum Gasteiger partial charge on any atom is 0.243 e. The van der Waals surface area contributed by atoms with Crippen LogP contribution in [0.1, 0.15) is 23.6 Å². The first-order chi connectivity index (χ1) is 15.9. The van der Waals surface area contributed by atoms with Gasteiger partial charge in [-0.15, -0.1) is 0 Å². The third-order valence-electron chi connectivity index (χ3n) is 5.31. The molecule has 4 nitrogen and oxygen atoms in total. The lowest BCUT2D eigenvalue weighted by molar-refractivity contribution is -0.140. The highest BCUT2D eigenvalue weighted by molar-refractivity contribution is 6.31. The third kappa shape index (κ3) is 6.39. The summed E-state index contributed by atoms with van der Waals surface area (Å²) in [5, 5.41) is 2.88.